The summed E-state index contributed by atoms with van der Waals surface area (Å²) >= 11 is 1.31. The summed E-state index contributed by atoms with van der Waals surface area (Å²) < 4.78 is 8.35. The molecule has 0 saturated carbocycles. The van der Waals surface area contributed by atoms with Crippen LogP contribution < -0.4 is 14.9 Å². The zero-order valence-electron chi connectivity index (χ0n) is 15.5. The number of piperazine rings is 1. The minimum atomic E-state index is 0. The van der Waals surface area contributed by atoms with Crippen LogP contribution in [-0.2, 0) is 13.6 Å². The normalized spacial score (nSPS) is 17.6. The number of rotatable bonds is 4. The molecule has 0 spiro atoms. The van der Waals surface area contributed by atoms with Gasteiger partial charge in [-0.3, -0.25) is 9.69 Å². The molecule has 1 aliphatic rings. The van der Waals surface area contributed by atoms with Crippen LogP contribution in [0.15, 0.2) is 47.3 Å². The number of nitrogens with one attached hydrogen (secondary N) is 1. The van der Waals surface area contributed by atoms with Gasteiger partial charge in [-0.15, -0.1) is 12.4 Å². The van der Waals surface area contributed by atoms with E-state index in [9.17, 15) is 4.79 Å². The molecule has 27 heavy (non-hydrogen) atoms. The number of para-hydroxylation sites is 1. The van der Waals surface area contributed by atoms with Gasteiger partial charge in [-0.25, -0.2) is 0 Å². The van der Waals surface area contributed by atoms with Gasteiger partial charge in [0.25, 0.3) is 0 Å². The van der Waals surface area contributed by atoms with Crippen molar-refractivity contribution in [3.05, 3.63) is 63.3 Å². The van der Waals surface area contributed by atoms with Gasteiger partial charge in [-0.05, 0) is 23.8 Å². The predicted octanol–water partition coefficient (Wildman–Crippen LogP) is 3.18. The van der Waals surface area contributed by atoms with Crippen LogP contribution in [0.5, 0.6) is 5.75 Å². The van der Waals surface area contributed by atoms with E-state index in [-0.39, 0.29) is 23.3 Å². The quantitative estimate of drug-likeness (QED) is 0.724. The van der Waals surface area contributed by atoms with Crippen LogP contribution in [-0.4, -0.2) is 36.2 Å². The fourth-order valence-electron chi connectivity index (χ4n) is 3.70. The first-order chi connectivity index (χ1) is 12.7. The molecule has 2 heterocycles. The van der Waals surface area contributed by atoms with Gasteiger partial charge in [0.1, 0.15) is 5.75 Å². The van der Waals surface area contributed by atoms with Crippen molar-refractivity contribution in [1.29, 1.82) is 0 Å². The van der Waals surface area contributed by atoms with Crippen LogP contribution in [0, 0.1) is 0 Å². The predicted molar refractivity (Wildman–Crippen MR) is 113 cm³/mol. The Hall–Kier alpha value is -1.86. The van der Waals surface area contributed by atoms with Crippen molar-refractivity contribution in [3.63, 3.8) is 0 Å². The van der Waals surface area contributed by atoms with Crippen molar-refractivity contribution in [2.45, 2.75) is 12.6 Å². The zero-order valence-corrected chi connectivity index (χ0v) is 17.1. The number of fused-ring (bicyclic) bond motifs is 1. The van der Waals surface area contributed by atoms with E-state index >= 15 is 0 Å². The molecule has 2 aromatic carbocycles. The number of aromatic nitrogens is 1. The number of thiazole rings is 1. The average Bonchev–Trinajstić information content (AvgIpc) is 2.95. The summed E-state index contributed by atoms with van der Waals surface area (Å²) in [5.74, 6) is 0.933. The second-order valence-electron chi connectivity index (χ2n) is 6.66. The Bertz CT molecular complexity index is 985. The summed E-state index contributed by atoms with van der Waals surface area (Å²) in [4.78, 5) is 14.5. The van der Waals surface area contributed by atoms with E-state index in [1.807, 2.05) is 19.2 Å². The molecule has 5 nitrogen and oxygen atoms in total. The van der Waals surface area contributed by atoms with Gasteiger partial charge in [0.05, 0.1) is 23.4 Å². The van der Waals surface area contributed by atoms with Gasteiger partial charge in [-0.1, -0.05) is 35.6 Å². The smallest absolute Gasteiger partial charge is 0.307 e. The Morgan fingerprint density at radius 2 is 2.07 bits per heavy atom. The van der Waals surface area contributed by atoms with E-state index in [0.29, 0.717) is 0 Å². The lowest BCUT2D eigenvalue weighted by Crippen LogP contribution is -2.45. The summed E-state index contributed by atoms with van der Waals surface area (Å²) in [7, 11) is 3.56. The molecule has 0 bridgehead atoms. The van der Waals surface area contributed by atoms with Gasteiger partial charge < -0.3 is 14.6 Å². The number of nitrogens with zero attached hydrogens (tertiary/aromatic N) is 2. The number of hydrogen-bond acceptors (Lipinski definition) is 5. The molecule has 1 atom stereocenters. The largest absolute Gasteiger partial charge is 0.496 e. The fraction of sp³-hybridized carbons (Fsp3) is 0.350. The fourth-order valence-corrected chi connectivity index (χ4v) is 4.64. The minimum Gasteiger partial charge on any atom is -0.496 e. The maximum absolute atomic E-state index is 11.9. The SMILES string of the molecule is COc1ccccc1C1CNCCN1Cc1ccc2c(c1)sc(=O)n2C.Cl. The first-order valence-electron chi connectivity index (χ1n) is 8.83. The Morgan fingerprint density at radius 3 is 2.89 bits per heavy atom. The summed E-state index contributed by atoms with van der Waals surface area (Å²) in [5, 5.41) is 3.50. The molecule has 0 amide bonds. The first-order valence-corrected chi connectivity index (χ1v) is 9.65. The van der Waals surface area contributed by atoms with Crippen molar-refractivity contribution in [2.24, 2.45) is 7.05 Å². The molecule has 144 valence electrons. The lowest BCUT2D eigenvalue weighted by molar-refractivity contribution is 0.151. The summed E-state index contributed by atoms with van der Waals surface area (Å²) in [6.45, 7) is 3.72. The number of methoxy groups -OCH3 is 1. The third-order valence-corrected chi connectivity index (χ3v) is 6.09. The Kier molecular flexibility index (Phi) is 6.22. The second-order valence-corrected chi connectivity index (χ2v) is 7.65. The van der Waals surface area contributed by atoms with E-state index in [1.165, 1.54) is 22.5 Å². The third kappa shape index (κ3) is 3.89. The van der Waals surface area contributed by atoms with Gasteiger partial charge in [-0.2, -0.15) is 0 Å². The maximum Gasteiger partial charge on any atom is 0.307 e. The van der Waals surface area contributed by atoms with E-state index < -0.39 is 0 Å². The van der Waals surface area contributed by atoms with Gasteiger partial charge in [0.2, 0.25) is 0 Å². The Labute approximate surface area is 169 Å². The van der Waals surface area contributed by atoms with Crippen molar-refractivity contribution in [3.8, 4) is 5.75 Å². The molecular weight excluding hydrogens is 382 g/mol. The second kappa shape index (κ2) is 8.44. The van der Waals surface area contributed by atoms with Crippen LogP contribution in [0.25, 0.3) is 10.2 Å². The lowest BCUT2D eigenvalue weighted by Gasteiger charge is -2.37. The van der Waals surface area contributed by atoms with E-state index in [0.717, 1.165) is 42.1 Å². The van der Waals surface area contributed by atoms with E-state index in [4.69, 9.17) is 4.74 Å². The molecule has 1 N–H and O–H groups in total. The van der Waals surface area contributed by atoms with Crippen molar-refractivity contribution in [2.75, 3.05) is 26.7 Å². The number of benzene rings is 2. The highest BCUT2D eigenvalue weighted by molar-refractivity contribution is 7.16. The number of hydrogen-bond donors (Lipinski definition) is 1. The minimum absolute atomic E-state index is 0. The molecule has 0 aliphatic carbocycles. The van der Waals surface area contributed by atoms with Crippen LogP contribution in [0.3, 0.4) is 0 Å². The molecule has 3 aromatic rings. The zero-order chi connectivity index (χ0) is 18.1. The van der Waals surface area contributed by atoms with Crippen molar-refractivity contribution in [1.82, 2.24) is 14.8 Å². The molecule has 1 aromatic heterocycles. The van der Waals surface area contributed by atoms with E-state index in [1.54, 1.807) is 11.7 Å². The summed E-state index contributed by atoms with van der Waals surface area (Å²) in [6, 6.07) is 14.9. The number of ether oxygens (including phenoxy) is 1. The molecule has 0 radical (unpaired) electrons. The van der Waals surface area contributed by atoms with Crippen LogP contribution >= 0.6 is 23.7 Å². The third-order valence-electron chi connectivity index (χ3n) is 5.09. The highest BCUT2D eigenvalue weighted by atomic mass is 35.5. The molecule has 1 fully saturated rings. The van der Waals surface area contributed by atoms with Crippen LogP contribution in [0.1, 0.15) is 17.2 Å². The van der Waals surface area contributed by atoms with Crippen molar-refractivity contribution < 1.29 is 4.74 Å². The average molecular weight is 406 g/mol. The number of halogens is 1. The lowest BCUT2D eigenvalue weighted by atomic mass is 10.0. The van der Waals surface area contributed by atoms with Crippen LogP contribution in [0.4, 0.5) is 0 Å². The molecule has 1 saturated heterocycles. The first kappa shape index (κ1) is 19.9. The number of aryl methyl sites for hydroxylation is 1. The van der Waals surface area contributed by atoms with Gasteiger partial charge in [0, 0.05) is 38.8 Å². The maximum atomic E-state index is 11.9. The molecule has 1 unspecified atom stereocenters. The molecule has 7 heteroatoms. The summed E-state index contributed by atoms with van der Waals surface area (Å²) in [5.41, 5.74) is 3.46. The standard InChI is InChI=1S/C20H23N3O2S.ClH/c1-22-16-8-7-14(11-19(16)26-20(22)24)13-23-10-9-21-12-17(23)15-5-3-4-6-18(15)25-2;/h3-8,11,17,21H,9-10,12-13H2,1-2H3;1H. The van der Waals surface area contributed by atoms with E-state index in [2.05, 4.69) is 40.5 Å². The highest BCUT2D eigenvalue weighted by Crippen LogP contribution is 2.31. The van der Waals surface area contributed by atoms with Gasteiger partial charge >= 0.3 is 4.87 Å². The van der Waals surface area contributed by atoms with Crippen molar-refractivity contribution >= 4 is 34.0 Å². The summed E-state index contributed by atoms with van der Waals surface area (Å²) in [6.07, 6.45) is 0. The van der Waals surface area contributed by atoms with Gasteiger partial charge in [0.15, 0.2) is 0 Å². The highest BCUT2D eigenvalue weighted by Gasteiger charge is 2.26. The molecular formula is C20H24ClN3O2S. The Morgan fingerprint density at radius 1 is 1.26 bits per heavy atom. The topological polar surface area (TPSA) is 46.5 Å². The molecule has 4 rings (SSSR count). The van der Waals surface area contributed by atoms with Crippen LogP contribution in [0.2, 0.25) is 0 Å². The molecule has 1 aliphatic heterocycles. The monoisotopic (exact) mass is 405 g/mol. The Balaban J connectivity index is 0.00000210.